The van der Waals surface area contributed by atoms with E-state index in [0.717, 1.165) is 45.1 Å². The molecule has 0 radical (unpaired) electrons. The van der Waals surface area contributed by atoms with Gasteiger partial charge in [-0.15, -0.1) is 0 Å². The Labute approximate surface area is 226 Å². The fraction of sp³-hybridized carbons (Fsp3) is 0.174. The van der Waals surface area contributed by atoms with Crippen LogP contribution >= 0.6 is 0 Å². The maximum atomic E-state index is 5.42. The van der Waals surface area contributed by atoms with Gasteiger partial charge in [-0.3, -0.25) is 9.13 Å². The molecular formula is C23H21Cl3CoN5O2. The summed E-state index contributed by atoms with van der Waals surface area (Å²) < 4.78 is 14.9. The van der Waals surface area contributed by atoms with E-state index in [1.165, 1.54) is 0 Å². The van der Waals surface area contributed by atoms with Crippen LogP contribution in [-0.2, 0) is 39.7 Å². The first-order chi connectivity index (χ1) is 14.8. The minimum absolute atomic E-state index is 0. The number of pyridine rings is 1. The van der Waals surface area contributed by atoms with Crippen LogP contribution in [-0.4, -0.2) is 38.3 Å². The van der Waals surface area contributed by atoms with Crippen molar-refractivity contribution in [1.29, 1.82) is 0 Å². The number of rotatable bonds is 6. The van der Waals surface area contributed by atoms with Crippen molar-refractivity contribution in [3.05, 3.63) is 66.7 Å². The van der Waals surface area contributed by atoms with Gasteiger partial charge in [-0.2, -0.15) is 0 Å². The molecule has 3 heterocycles. The summed E-state index contributed by atoms with van der Waals surface area (Å²) >= 11 is 0. The van der Waals surface area contributed by atoms with E-state index in [9.17, 15) is 0 Å². The molecule has 5 rings (SSSR count). The number of para-hydroxylation sites is 4. The molecule has 180 valence electrons. The maximum absolute atomic E-state index is 5.42. The molecule has 0 unspecified atom stereocenters. The number of methoxy groups -OCH3 is 2. The zero-order valence-corrected chi connectivity index (χ0v) is 21.6. The molecule has 0 saturated heterocycles. The third-order valence-corrected chi connectivity index (χ3v) is 5.03. The van der Waals surface area contributed by atoms with E-state index in [1.54, 1.807) is 14.2 Å². The zero-order chi connectivity index (χ0) is 20.5. The van der Waals surface area contributed by atoms with Crippen molar-refractivity contribution in [2.75, 3.05) is 14.2 Å². The van der Waals surface area contributed by atoms with Crippen LogP contribution in [0.1, 0.15) is 0 Å². The van der Waals surface area contributed by atoms with Crippen molar-refractivity contribution in [3.63, 3.8) is 0 Å². The second-order valence-corrected chi connectivity index (χ2v) is 6.95. The first kappa shape index (κ1) is 29.9. The van der Waals surface area contributed by atoms with Crippen LogP contribution in [0.4, 0.5) is 0 Å². The molecule has 0 aliphatic heterocycles. The monoisotopic (exact) mass is 563 g/mol. The minimum atomic E-state index is 0. The molecule has 0 fully saturated rings. The second kappa shape index (κ2) is 13.1. The van der Waals surface area contributed by atoms with Gasteiger partial charge < -0.3 is 46.7 Å². The van der Waals surface area contributed by atoms with Crippen LogP contribution in [0.15, 0.2) is 66.7 Å². The molecule has 0 aliphatic rings. The molecule has 0 saturated carbocycles. The standard InChI is InChI=1S/C23H21N5O2.3ClH.Co/c1-29-14-27-20-12-5-3-8-16(20)25-22(27)18-10-7-11-19(24-18)23-26-17-9-4-6-13-21(17)28(23)15-30-2;;;;/h3-13H,14-15H2,1-2H3;3*1H;/q;;;;+3/p-3. The van der Waals surface area contributed by atoms with Gasteiger partial charge in [0, 0.05) is 14.2 Å². The zero-order valence-electron chi connectivity index (χ0n) is 18.3. The van der Waals surface area contributed by atoms with Crippen molar-refractivity contribution in [3.8, 4) is 23.0 Å². The molecule has 11 heteroatoms. The van der Waals surface area contributed by atoms with Crippen LogP contribution in [0.2, 0.25) is 0 Å². The van der Waals surface area contributed by atoms with Gasteiger partial charge in [-0.05, 0) is 36.4 Å². The van der Waals surface area contributed by atoms with Crippen molar-refractivity contribution in [1.82, 2.24) is 24.1 Å². The van der Waals surface area contributed by atoms with Crippen LogP contribution in [0.3, 0.4) is 0 Å². The Morgan fingerprint density at radius 2 is 1.00 bits per heavy atom. The van der Waals surface area contributed by atoms with Crippen molar-refractivity contribution in [2.24, 2.45) is 0 Å². The molecule has 3 aromatic heterocycles. The summed E-state index contributed by atoms with van der Waals surface area (Å²) in [5.41, 5.74) is 5.35. The first-order valence-electron chi connectivity index (χ1n) is 9.66. The third kappa shape index (κ3) is 5.39. The van der Waals surface area contributed by atoms with Crippen molar-refractivity contribution in [2.45, 2.75) is 13.5 Å². The van der Waals surface area contributed by atoms with Gasteiger partial charge in [-0.25, -0.2) is 15.0 Å². The van der Waals surface area contributed by atoms with E-state index in [0.29, 0.717) is 13.5 Å². The van der Waals surface area contributed by atoms with Gasteiger partial charge in [0.05, 0.1) is 22.1 Å². The van der Waals surface area contributed by atoms with Gasteiger partial charge in [0.25, 0.3) is 0 Å². The third-order valence-electron chi connectivity index (χ3n) is 5.03. The smallest absolute Gasteiger partial charge is 1.00 e. The molecule has 0 amide bonds. The second-order valence-electron chi connectivity index (χ2n) is 6.95. The Hall–Kier alpha value is -2.17. The topological polar surface area (TPSA) is 67.0 Å². The van der Waals surface area contributed by atoms with Crippen LogP contribution < -0.4 is 37.2 Å². The summed E-state index contributed by atoms with van der Waals surface area (Å²) in [7, 11) is 3.35. The number of nitrogens with zero attached hydrogens (tertiary/aromatic N) is 5. The molecule has 0 N–H and O–H groups in total. The summed E-state index contributed by atoms with van der Waals surface area (Å²) in [4.78, 5) is 14.5. The Bertz CT molecular complexity index is 1260. The number of hydrogen-bond donors (Lipinski definition) is 0. The maximum Gasteiger partial charge on any atom is 3.00 e. The Morgan fingerprint density at radius 1 is 0.588 bits per heavy atom. The minimum Gasteiger partial charge on any atom is -1.00 e. The largest absolute Gasteiger partial charge is 3.00 e. The fourth-order valence-corrected chi connectivity index (χ4v) is 3.75. The van der Waals surface area contributed by atoms with E-state index >= 15 is 0 Å². The Kier molecular flexibility index (Phi) is 11.5. The molecule has 0 atom stereocenters. The van der Waals surface area contributed by atoms with Gasteiger partial charge >= 0.3 is 16.8 Å². The van der Waals surface area contributed by atoms with Crippen LogP contribution in [0, 0.1) is 0 Å². The van der Waals surface area contributed by atoms with E-state index in [4.69, 9.17) is 24.4 Å². The molecule has 0 aliphatic carbocycles. The summed E-state index contributed by atoms with van der Waals surface area (Å²) in [5, 5.41) is 0. The van der Waals surface area contributed by atoms with Crippen LogP contribution in [0.25, 0.3) is 45.1 Å². The predicted molar refractivity (Wildman–Crippen MR) is 116 cm³/mol. The summed E-state index contributed by atoms with van der Waals surface area (Å²) in [6.07, 6.45) is 0. The quantitative estimate of drug-likeness (QED) is 0.208. The molecule has 0 bridgehead atoms. The average Bonchev–Trinajstić information content (AvgIpc) is 3.34. The van der Waals surface area contributed by atoms with Gasteiger partial charge in [0.1, 0.15) is 24.8 Å². The number of hydrogen-bond acceptors (Lipinski definition) is 5. The predicted octanol–water partition coefficient (Wildman–Crippen LogP) is -4.67. The fourth-order valence-electron chi connectivity index (χ4n) is 3.75. The van der Waals surface area contributed by atoms with Gasteiger partial charge in [0.2, 0.25) is 0 Å². The molecule has 34 heavy (non-hydrogen) atoms. The van der Waals surface area contributed by atoms with E-state index in [2.05, 4.69) is 0 Å². The summed E-state index contributed by atoms with van der Waals surface area (Å²) in [6, 6.07) is 21.9. The van der Waals surface area contributed by atoms with Crippen molar-refractivity contribution < 1.29 is 63.5 Å². The number of benzene rings is 2. The summed E-state index contributed by atoms with van der Waals surface area (Å²) in [5.74, 6) is 1.52. The normalized spacial score (nSPS) is 10.2. The van der Waals surface area contributed by atoms with Crippen molar-refractivity contribution >= 4 is 22.1 Å². The average molecular weight is 565 g/mol. The van der Waals surface area contributed by atoms with E-state index < -0.39 is 0 Å². The molecule has 7 nitrogen and oxygen atoms in total. The number of halogens is 3. The van der Waals surface area contributed by atoms with Gasteiger partial charge in [0.15, 0.2) is 11.6 Å². The SMILES string of the molecule is COCn1c(-c2cccc(-c3nc4ccccc4n3COC)n2)nc2ccccc21.[Cl-].[Cl-].[Cl-].[Co+3]. The van der Waals surface area contributed by atoms with Gasteiger partial charge in [-0.1, -0.05) is 30.3 Å². The van der Waals surface area contributed by atoms with E-state index in [-0.39, 0.29) is 54.0 Å². The number of ether oxygens (including phenoxy) is 2. The van der Waals surface area contributed by atoms with E-state index in [1.807, 2.05) is 75.9 Å². The molecule has 0 spiro atoms. The number of imidazole rings is 2. The molecule has 2 aromatic carbocycles. The van der Waals surface area contributed by atoms with Crippen LogP contribution in [0.5, 0.6) is 0 Å². The Morgan fingerprint density at radius 3 is 1.41 bits per heavy atom. The number of fused-ring (bicyclic) bond motifs is 2. The number of aromatic nitrogens is 5. The summed E-state index contributed by atoms with van der Waals surface area (Å²) in [6.45, 7) is 0.786. The molecular weight excluding hydrogens is 544 g/mol. The Balaban J connectivity index is 0.00000144. The first-order valence-corrected chi connectivity index (χ1v) is 9.66. The molecule has 5 aromatic rings.